The minimum Gasteiger partial charge on any atom is -0.425 e. The summed E-state index contributed by atoms with van der Waals surface area (Å²) in [5.41, 5.74) is -5.42. The highest BCUT2D eigenvalue weighted by Gasteiger charge is 2.47. The molecule has 112 valence electrons. The van der Waals surface area contributed by atoms with E-state index in [2.05, 4.69) is 0 Å². The Morgan fingerprint density at radius 3 is 2.40 bits per heavy atom. The maximum Gasteiger partial charge on any atom is 0.501 e. The van der Waals surface area contributed by atoms with Crippen LogP contribution in [0.4, 0.5) is 13.2 Å². The molecule has 0 bridgehead atoms. The van der Waals surface area contributed by atoms with Gasteiger partial charge in [0.2, 0.25) is 0 Å². The molecule has 0 saturated heterocycles. The molecule has 0 saturated carbocycles. The molecule has 0 aliphatic carbocycles. The van der Waals surface area contributed by atoms with Crippen molar-refractivity contribution in [3.05, 3.63) is 23.2 Å². The fourth-order valence-electron chi connectivity index (χ4n) is 1.24. The molecule has 0 N–H and O–H groups in total. The summed E-state index contributed by atoms with van der Waals surface area (Å²) in [5.74, 6) is -0.799. The van der Waals surface area contributed by atoms with Crippen LogP contribution in [-0.2, 0) is 14.6 Å². The first-order valence-corrected chi connectivity index (χ1v) is 7.27. The predicted octanol–water partition coefficient (Wildman–Crippen LogP) is 3.34. The number of hydrogen-bond acceptors (Lipinski definition) is 4. The van der Waals surface area contributed by atoms with Crippen molar-refractivity contribution in [1.82, 2.24) is 0 Å². The van der Waals surface area contributed by atoms with E-state index in [0.29, 0.717) is 18.6 Å². The number of halogens is 4. The van der Waals surface area contributed by atoms with Crippen LogP contribution < -0.4 is 4.74 Å². The van der Waals surface area contributed by atoms with Gasteiger partial charge >= 0.3 is 11.5 Å². The van der Waals surface area contributed by atoms with Crippen molar-refractivity contribution >= 4 is 27.4 Å². The number of hydrogen-bond donors (Lipinski definition) is 0. The van der Waals surface area contributed by atoms with Crippen LogP contribution in [0.1, 0.15) is 19.8 Å². The molecule has 9 heteroatoms. The van der Waals surface area contributed by atoms with E-state index in [1.54, 1.807) is 6.92 Å². The Balaban J connectivity index is 3.09. The van der Waals surface area contributed by atoms with Crippen molar-refractivity contribution in [2.75, 3.05) is 0 Å². The highest BCUT2D eigenvalue weighted by atomic mass is 35.5. The molecule has 0 aromatic heterocycles. The Morgan fingerprint density at radius 2 is 1.95 bits per heavy atom. The van der Waals surface area contributed by atoms with Gasteiger partial charge in [-0.2, -0.15) is 13.2 Å². The van der Waals surface area contributed by atoms with Gasteiger partial charge in [0, 0.05) is 6.42 Å². The molecular weight excluding hydrogens is 321 g/mol. The second-order valence-electron chi connectivity index (χ2n) is 3.77. The van der Waals surface area contributed by atoms with Crippen molar-refractivity contribution in [2.45, 2.75) is 30.2 Å². The van der Waals surface area contributed by atoms with Crippen molar-refractivity contribution in [3.63, 3.8) is 0 Å². The van der Waals surface area contributed by atoms with Gasteiger partial charge in [0.15, 0.2) is 0 Å². The summed E-state index contributed by atoms with van der Waals surface area (Å²) in [6.45, 7) is 1.74. The minimum atomic E-state index is -5.48. The Hall–Kier alpha value is -1.28. The number of carbonyl (C=O) groups excluding carboxylic acids is 1. The fraction of sp³-hybridized carbons (Fsp3) is 0.364. The van der Waals surface area contributed by atoms with Crippen LogP contribution in [0.15, 0.2) is 23.1 Å². The number of carbonyl (C=O) groups is 1. The molecule has 0 heterocycles. The third kappa shape index (κ3) is 3.63. The highest BCUT2D eigenvalue weighted by Crippen LogP contribution is 2.34. The van der Waals surface area contributed by atoms with Crippen LogP contribution in [0, 0.1) is 0 Å². The van der Waals surface area contributed by atoms with Crippen molar-refractivity contribution in [3.8, 4) is 5.75 Å². The van der Waals surface area contributed by atoms with Crippen molar-refractivity contribution in [1.29, 1.82) is 0 Å². The first kappa shape index (κ1) is 16.8. The van der Waals surface area contributed by atoms with Crippen LogP contribution >= 0.6 is 11.6 Å². The molecule has 0 fully saturated rings. The number of esters is 1. The fourth-order valence-corrected chi connectivity index (χ4v) is 2.31. The van der Waals surface area contributed by atoms with Gasteiger partial charge in [0.25, 0.3) is 9.84 Å². The zero-order valence-corrected chi connectivity index (χ0v) is 11.8. The standard InChI is InChI=1S/C11H10ClF3O4S/c1-2-3-10(16)19-9-5-4-7(6-8(9)12)20(17,18)11(13,14)15/h4-6H,2-3H2,1H3. The number of benzene rings is 1. The normalized spacial score (nSPS) is 12.2. The van der Waals surface area contributed by atoms with E-state index >= 15 is 0 Å². The zero-order chi connectivity index (χ0) is 15.6. The summed E-state index contributed by atoms with van der Waals surface area (Å²) in [7, 11) is -5.48. The lowest BCUT2D eigenvalue weighted by Gasteiger charge is -2.10. The van der Waals surface area contributed by atoms with Crippen LogP contribution in [-0.4, -0.2) is 19.9 Å². The van der Waals surface area contributed by atoms with E-state index in [1.807, 2.05) is 0 Å². The van der Waals surface area contributed by atoms with E-state index in [1.165, 1.54) is 0 Å². The molecule has 0 radical (unpaired) electrons. The van der Waals surface area contributed by atoms with Gasteiger partial charge in [0.1, 0.15) is 5.75 Å². The Kier molecular flexibility index (Phi) is 5.04. The SMILES string of the molecule is CCCC(=O)Oc1ccc(S(=O)(=O)C(F)(F)F)cc1Cl. The lowest BCUT2D eigenvalue weighted by Crippen LogP contribution is -2.23. The third-order valence-corrected chi connectivity index (χ3v) is 3.98. The molecule has 20 heavy (non-hydrogen) atoms. The number of ether oxygens (including phenoxy) is 1. The van der Waals surface area contributed by atoms with E-state index in [4.69, 9.17) is 16.3 Å². The second kappa shape index (κ2) is 6.01. The number of sulfone groups is 1. The van der Waals surface area contributed by atoms with Crippen molar-refractivity contribution in [2.24, 2.45) is 0 Å². The van der Waals surface area contributed by atoms with Gasteiger partial charge in [-0.15, -0.1) is 0 Å². The molecular formula is C11H10ClF3O4S. The smallest absolute Gasteiger partial charge is 0.425 e. The first-order chi connectivity index (χ1) is 9.09. The minimum absolute atomic E-state index is 0.110. The maximum absolute atomic E-state index is 12.3. The molecule has 1 rings (SSSR count). The average molecular weight is 331 g/mol. The van der Waals surface area contributed by atoms with Gasteiger partial charge in [-0.1, -0.05) is 18.5 Å². The monoisotopic (exact) mass is 330 g/mol. The molecule has 0 aliphatic rings. The van der Waals surface area contributed by atoms with Gasteiger partial charge in [-0.05, 0) is 24.6 Å². The number of rotatable bonds is 4. The van der Waals surface area contributed by atoms with Gasteiger partial charge in [-0.3, -0.25) is 4.79 Å². The molecule has 0 spiro atoms. The summed E-state index contributed by atoms with van der Waals surface area (Å²) in [6, 6.07) is 2.19. The molecule has 0 amide bonds. The second-order valence-corrected chi connectivity index (χ2v) is 6.11. The van der Waals surface area contributed by atoms with E-state index < -0.39 is 26.2 Å². The third-order valence-electron chi connectivity index (χ3n) is 2.20. The summed E-state index contributed by atoms with van der Waals surface area (Å²) >= 11 is 5.62. The van der Waals surface area contributed by atoms with Crippen LogP contribution in [0.25, 0.3) is 0 Å². The van der Waals surface area contributed by atoms with E-state index in [0.717, 1.165) is 6.07 Å². The average Bonchev–Trinajstić information content (AvgIpc) is 2.30. The molecule has 1 aromatic carbocycles. The van der Waals surface area contributed by atoms with Crippen LogP contribution in [0.2, 0.25) is 5.02 Å². The first-order valence-electron chi connectivity index (χ1n) is 5.41. The molecule has 4 nitrogen and oxygen atoms in total. The molecule has 0 atom stereocenters. The topological polar surface area (TPSA) is 60.4 Å². The van der Waals surface area contributed by atoms with Crippen molar-refractivity contribution < 1.29 is 31.1 Å². The summed E-state index contributed by atoms with van der Waals surface area (Å²) < 4.78 is 64.1. The predicted molar refractivity (Wildman–Crippen MR) is 65.2 cm³/mol. The largest absolute Gasteiger partial charge is 0.501 e. The Labute approximate surface area is 118 Å². The molecule has 1 aromatic rings. The molecule has 0 aliphatic heterocycles. The quantitative estimate of drug-likeness (QED) is 0.627. The van der Waals surface area contributed by atoms with Crippen LogP contribution in [0.3, 0.4) is 0 Å². The highest BCUT2D eigenvalue weighted by molar-refractivity contribution is 7.92. The summed E-state index contributed by atoms with van der Waals surface area (Å²) in [4.78, 5) is 10.2. The Bertz CT molecular complexity index is 611. The summed E-state index contributed by atoms with van der Waals surface area (Å²) in [5, 5.41) is -0.389. The molecule has 0 unspecified atom stereocenters. The maximum atomic E-state index is 12.3. The zero-order valence-electron chi connectivity index (χ0n) is 10.2. The van der Waals surface area contributed by atoms with Crippen LogP contribution in [0.5, 0.6) is 5.75 Å². The van der Waals surface area contributed by atoms with E-state index in [-0.39, 0.29) is 17.2 Å². The van der Waals surface area contributed by atoms with Gasteiger partial charge in [0.05, 0.1) is 9.92 Å². The van der Waals surface area contributed by atoms with E-state index in [9.17, 15) is 26.4 Å². The van der Waals surface area contributed by atoms with Gasteiger partial charge in [-0.25, -0.2) is 8.42 Å². The van der Waals surface area contributed by atoms with Gasteiger partial charge < -0.3 is 4.74 Å². The number of alkyl halides is 3. The Morgan fingerprint density at radius 1 is 1.35 bits per heavy atom. The lowest BCUT2D eigenvalue weighted by atomic mass is 10.3. The summed E-state index contributed by atoms with van der Waals surface area (Å²) in [6.07, 6.45) is 0.635. The lowest BCUT2D eigenvalue weighted by molar-refractivity contribution is -0.134.